The summed E-state index contributed by atoms with van der Waals surface area (Å²) in [6.45, 7) is 6.07. The zero-order valence-electron chi connectivity index (χ0n) is 11.5. The molecule has 5 nitrogen and oxygen atoms in total. The molecule has 0 saturated heterocycles. The van der Waals surface area contributed by atoms with Gasteiger partial charge in [-0.05, 0) is 51.2 Å². The summed E-state index contributed by atoms with van der Waals surface area (Å²) in [5, 5.41) is 9.32. The minimum absolute atomic E-state index is 0.105. The maximum absolute atomic E-state index is 11.1. The number of ether oxygens (including phenoxy) is 1. The van der Waals surface area contributed by atoms with Crippen molar-refractivity contribution in [2.75, 3.05) is 17.7 Å². The van der Waals surface area contributed by atoms with Crippen LogP contribution in [0.2, 0.25) is 0 Å². The van der Waals surface area contributed by atoms with Crippen LogP contribution in [-0.2, 0) is 4.74 Å². The first kappa shape index (κ1) is 15.2. The fourth-order valence-electron chi connectivity index (χ4n) is 1.35. The summed E-state index contributed by atoms with van der Waals surface area (Å²) in [7, 11) is 1.32. The van der Waals surface area contributed by atoms with Gasteiger partial charge in [-0.15, -0.1) is 0 Å². The molecule has 0 saturated carbocycles. The third kappa shape index (κ3) is 6.05. The summed E-state index contributed by atoms with van der Waals surface area (Å²) in [5.41, 5.74) is 1.32. The van der Waals surface area contributed by atoms with E-state index in [9.17, 15) is 4.79 Å². The Labute approximate surface area is 118 Å². The van der Waals surface area contributed by atoms with E-state index in [1.165, 1.54) is 7.11 Å². The third-order valence-electron chi connectivity index (χ3n) is 2.04. The minimum atomic E-state index is -0.507. The summed E-state index contributed by atoms with van der Waals surface area (Å²) < 4.78 is 4.53. The van der Waals surface area contributed by atoms with Gasteiger partial charge in [0.15, 0.2) is 5.11 Å². The van der Waals surface area contributed by atoms with Gasteiger partial charge in [-0.3, -0.25) is 5.32 Å². The number of benzene rings is 1. The van der Waals surface area contributed by atoms with Crippen LogP contribution in [0, 0.1) is 0 Å². The Bertz CT molecular complexity index is 469. The first-order valence-corrected chi connectivity index (χ1v) is 6.25. The molecule has 0 fully saturated rings. The Hall–Kier alpha value is -1.82. The number of anilines is 2. The van der Waals surface area contributed by atoms with Gasteiger partial charge in [0.2, 0.25) is 0 Å². The van der Waals surface area contributed by atoms with E-state index >= 15 is 0 Å². The molecule has 0 atom stereocenters. The lowest BCUT2D eigenvalue weighted by Crippen LogP contribution is -2.42. The number of carbonyl (C=O) groups is 1. The normalized spacial score (nSPS) is 10.5. The van der Waals surface area contributed by atoms with Gasteiger partial charge in [-0.2, -0.15) is 0 Å². The number of carbonyl (C=O) groups excluding carboxylic acids is 1. The highest BCUT2D eigenvalue weighted by atomic mass is 32.1. The second kappa shape index (κ2) is 6.38. The van der Waals surface area contributed by atoms with E-state index in [1.54, 1.807) is 12.1 Å². The number of nitrogens with one attached hydrogen (secondary N) is 3. The fourth-order valence-corrected chi connectivity index (χ4v) is 1.77. The molecule has 104 valence electrons. The van der Waals surface area contributed by atoms with Gasteiger partial charge in [0, 0.05) is 16.9 Å². The number of methoxy groups -OCH3 is 1. The van der Waals surface area contributed by atoms with E-state index in [1.807, 2.05) is 32.9 Å². The average molecular weight is 281 g/mol. The Morgan fingerprint density at radius 2 is 1.79 bits per heavy atom. The molecule has 6 heteroatoms. The van der Waals surface area contributed by atoms with Crippen LogP contribution < -0.4 is 16.0 Å². The topological polar surface area (TPSA) is 62.4 Å². The molecule has 1 aromatic carbocycles. The summed E-state index contributed by atoms with van der Waals surface area (Å²) in [5.74, 6) is 0. The first-order chi connectivity index (χ1) is 8.80. The molecule has 0 aromatic heterocycles. The van der Waals surface area contributed by atoms with Crippen LogP contribution in [0.4, 0.5) is 16.2 Å². The second-order valence-electron chi connectivity index (χ2n) is 5.03. The average Bonchev–Trinajstić information content (AvgIpc) is 2.26. The Kier molecular flexibility index (Phi) is 5.11. The van der Waals surface area contributed by atoms with Crippen LogP contribution >= 0.6 is 12.2 Å². The number of hydrogen-bond donors (Lipinski definition) is 3. The van der Waals surface area contributed by atoms with E-state index in [0.717, 1.165) is 5.69 Å². The maximum Gasteiger partial charge on any atom is 0.411 e. The Balaban J connectivity index is 2.67. The predicted octanol–water partition coefficient (Wildman–Crippen LogP) is 2.95. The first-order valence-electron chi connectivity index (χ1n) is 5.84. The highest BCUT2D eigenvalue weighted by Gasteiger charge is 2.11. The molecule has 0 unspecified atom stereocenters. The third-order valence-corrected chi connectivity index (χ3v) is 2.24. The lowest BCUT2D eigenvalue weighted by molar-refractivity contribution is 0.187. The molecule has 0 heterocycles. The maximum atomic E-state index is 11.1. The highest BCUT2D eigenvalue weighted by molar-refractivity contribution is 7.80. The standard InChI is InChI=1S/C13H19N3O2S/c1-13(2,3)16-11(19)14-9-6-5-7-10(8-9)15-12(17)18-4/h5-8H,1-4H3,(H,15,17)(H2,14,16,19). The summed E-state index contributed by atoms with van der Waals surface area (Å²) in [6, 6.07) is 7.21. The van der Waals surface area contributed by atoms with Crippen LogP contribution in [0.5, 0.6) is 0 Å². The number of hydrogen-bond acceptors (Lipinski definition) is 3. The Morgan fingerprint density at radius 3 is 2.32 bits per heavy atom. The molecule has 0 aliphatic rings. The van der Waals surface area contributed by atoms with Crippen molar-refractivity contribution < 1.29 is 9.53 Å². The van der Waals surface area contributed by atoms with Crippen molar-refractivity contribution in [3.8, 4) is 0 Å². The molecular formula is C13H19N3O2S. The molecule has 1 aromatic rings. The van der Waals surface area contributed by atoms with E-state index in [2.05, 4.69) is 20.7 Å². The lowest BCUT2D eigenvalue weighted by Gasteiger charge is -2.23. The van der Waals surface area contributed by atoms with E-state index in [4.69, 9.17) is 12.2 Å². The molecule has 19 heavy (non-hydrogen) atoms. The molecule has 0 aliphatic heterocycles. The van der Waals surface area contributed by atoms with Gasteiger partial charge >= 0.3 is 6.09 Å². The molecule has 0 spiro atoms. The largest absolute Gasteiger partial charge is 0.453 e. The van der Waals surface area contributed by atoms with Gasteiger partial charge in [-0.25, -0.2) is 4.79 Å². The highest BCUT2D eigenvalue weighted by Crippen LogP contribution is 2.15. The van der Waals surface area contributed by atoms with Crippen molar-refractivity contribution in [1.82, 2.24) is 5.32 Å². The van der Waals surface area contributed by atoms with E-state index in [0.29, 0.717) is 10.8 Å². The van der Waals surface area contributed by atoms with Gasteiger partial charge in [0.1, 0.15) is 0 Å². The predicted molar refractivity (Wildman–Crippen MR) is 81.6 cm³/mol. The van der Waals surface area contributed by atoms with Crippen LogP contribution in [0.1, 0.15) is 20.8 Å². The molecule has 0 aliphatic carbocycles. The SMILES string of the molecule is COC(=O)Nc1cccc(NC(=S)NC(C)(C)C)c1. The van der Waals surface area contributed by atoms with Gasteiger partial charge in [-0.1, -0.05) is 6.07 Å². The van der Waals surface area contributed by atoms with Crippen molar-refractivity contribution in [3.63, 3.8) is 0 Å². The number of thiocarbonyl (C=S) groups is 1. The van der Waals surface area contributed by atoms with Gasteiger partial charge in [0.25, 0.3) is 0 Å². The van der Waals surface area contributed by atoms with Crippen molar-refractivity contribution in [1.29, 1.82) is 0 Å². The van der Waals surface area contributed by atoms with Crippen LogP contribution in [0.3, 0.4) is 0 Å². The molecule has 1 amide bonds. The van der Waals surface area contributed by atoms with Crippen LogP contribution in [0.25, 0.3) is 0 Å². The Morgan fingerprint density at radius 1 is 1.21 bits per heavy atom. The molecule has 3 N–H and O–H groups in total. The zero-order valence-corrected chi connectivity index (χ0v) is 12.4. The molecule has 1 rings (SSSR count). The molecular weight excluding hydrogens is 262 g/mol. The van der Waals surface area contributed by atoms with E-state index in [-0.39, 0.29) is 5.54 Å². The summed E-state index contributed by atoms with van der Waals surface area (Å²) in [4.78, 5) is 11.1. The lowest BCUT2D eigenvalue weighted by atomic mass is 10.1. The quantitative estimate of drug-likeness (QED) is 0.728. The molecule has 0 bridgehead atoms. The van der Waals surface area contributed by atoms with Crippen molar-refractivity contribution in [2.45, 2.75) is 26.3 Å². The minimum Gasteiger partial charge on any atom is -0.453 e. The number of rotatable bonds is 2. The van der Waals surface area contributed by atoms with E-state index < -0.39 is 6.09 Å². The number of amides is 1. The summed E-state index contributed by atoms with van der Waals surface area (Å²) >= 11 is 5.20. The zero-order chi connectivity index (χ0) is 14.5. The smallest absolute Gasteiger partial charge is 0.411 e. The van der Waals surface area contributed by atoms with Gasteiger partial charge in [0.05, 0.1) is 7.11 Å². The van der Waals surface area contributed by atoms with Crippen molar-refractivity contribution in [3.05, 3.63) is 24.3 Å². The van der Waals surface area contributed by atoms with Crippen LogP contribution in [-0.4, -0.2) is 23.9 Å². The summed E-state index contributed by atoms with van der Waals surface area (Å²) in [6.07, 6.45) is -0.507. The second-order valence-corrected chi connectivity index (χ2v) is 5.43. The molecule has 0 radical (unpaired) electrons. The van der Waals surface area contributed by atoms with Crippen molar-refractivity contribution >= 4 is 34.8 Å². The monoisotopic (exact) mass is 281 g/mol. The van der Waals surface area contributed by atoms with Crippen LogP contribution in [0.15, 0.2) is 24.3 Å². The van der Waals surface area contributed by atoms with Crippen molar-refractivity contribution in [2.24, 2.45) is 0 Å². The fraction of sp³-hybridized carbons (Fsp3) is 0.385. The van der Waals surface area contributed by atoms with Gasteiger partial charge < -0.3 is 15.4 Å².